The van der Waals surface area contributed by atoms with E-state index >= 15 is 0 Å². The molecule has 4 aromatic carbocycles. The Labute approximate surface area is 199 Å². The van der Waals surface area contributed by atoms with E-state index in [4.69, 9.17) is 9.47 Å². The minimum absolute atomic E-state index is 0.0153. The van der Waals surface area contributed by atoms with Crippen LogP contribution in [-0.4, -0.2) is 21.4 Å². The lowest BCUT2D eigenvalue weighted by Crippen LogP contribution is -2.21. The molecule has 4 rings (SSSR count). The van der Waals surface area contributed by atoms with Gasteiger partial charge in [-0.2, -0.15) is 0 Å². The van der Waals surface area contributed by atoms with E-state index in [1.54, 1.807) is 36.4 Å². The lowest BCUT2D eigenvalue weighted by Gasteiger charge is -2.19. The summed E-state index contributed by atoms with van der Waals surface area (Å²) < 4.78 is 11.5. The minimum atomic E-state index is -1.10. The topological polar surface area (TPSA) is 79.2 Å². The van der Waals surface area contributed by atoms with E-state index in [1.807, 2.05) is 60.7 Å². The van der Waals surface area contributed by atoms with Gasteiger partial charge in [0.25, 0.3) is 0 Å². The van der Waals surface area contributed by atoms with E-state index in [2.05, 4.69) is 0 Å². The van der Waals surface area contributed by atoms with E-state index < -0.39 is 12.2 Å². The van der Waals surface area contributed by atoms with Gasteiger partial charge in [0, 0.05) is 12.5 Å². The van der Waals surface area contributed by atoms with Gasteiger partial charge in [-0.05, 0) is 40.5 Å². The van der Waals surface area contributed by atoms with E-state index in [1.165, 1.54) is 6.07 Å². The van der Waals surface area contributed by atoms with Gasteiger partial charge in [0.05, 0.1) is 6.10 Å². The Bertz CT molecular complexity index is 1160. The first-order valence-corrected chi connectivity index (χ1v) is 11.2. The first-order chi connectivity index (χ1) is 16.6. The van der Waals surface area contributed by atoms with Crippen molar-refractivity contribution in [2.24, 2.45) is 0 Å². The molecule has 0 spiro atoms. The zero-order valence-corrected chi connectivity index (χ0v) is 18.7. The van der Waals surface area contributed by atoms with Crippen molar-refractivity contribution < 1.29 is 24.8 Å². The summed E-state index contributed by atoms with van der Waals surface area (Å²) in [6, 6.07) is 31.6. The summed E-state index contributed by atoms with van der Waals surface area (Å²) in [5, 5.41) is 31.6. The van der Waals surface area contributed by atoms with Crippen LogP contribution < -0.4 is 9.47 Å². The number of hydrogen-bond donors (Lipinski definition) is 3. The monoisotopic (exact) mass is 456 g/mol. The molecule has 0 saturated carbocycles. The van der Waals surface area contributed by atoms with Crippen LogP contribution in [-0.2, 0) is 19.6 Å². The molecule has 0 amide bonds. The molecule has 0 bridgehead atoms. The fourth-order valence-corrected chi connectivity index (χ4v) is 3.61. The molecule has 3 N–H and O–H groups in total. The van der Waals surface area contributed by atoms with Gasteiger partial charge >= 0.3 is 0 Å². The van der Waals surface area contributed by atoms with Crippen LogP contribution >= 0.6 is 0 Å². The third-order valence-electron chi connectivity index (χ3n) is 5.57. The fourth-order valence-electron chi connectivity index (χ4n) is 3.61. The SMILES string of the molecule is Oc1cc(OCc2ccccc2)ccc1C[C@H](O)[C@@H](O)c1ccc(OCc2ccccc2)cc1. The number of hydrogen-bond acceptors (Lipinski definition) is 5. The predicted octanol–water partition coefficient (Wildman–Crippen LogP) is 5.19. The van der Waals surface area contributed by atoms with Crippen molar-refractivity contribution in [2.45, 2.75) is 31.8 Å². The highest BCUT2D eigenvalue weighted by molar-refractivity contribution is 5.40. The van der Waals surface area contributed by atoms with Crippen molar-refractivity contribution in [3.8, 4) is 17.2 Å². The van der Waals surface area contributed by atoms with Crippen molar-refractivity contribution in [3.05, 3.63) is 125 Å². The molecule has 2 atom stereocenters. The lowest BCUT2D eigenvalue weighted by atomic mass is 9.98. The molecule has 5 nitrogen and oxygen atoms in total. The fraction of sp³-hybridized carbons (Fsp3) is 0.172. The summed E-state index contributed by atoms with van der Waals surface area (Å²) in [4.78, 5) is 0. The molecule has 34 heavy (non-hydrogen) atoms. The molecular formula is C29H28O5. The van der Waals surface area contributed by atoms with Crippen molar-refractivity contribution in [1.29, 1.82) is 0 Å². The largest absolute Gasteiger partial charge is 0.508 e. The zero-order valence-electron chi connectivity index (χ0n) is 18.7. The van der Waals surface area contributed by atoms with Gasteiger partial charge in [0.15, 0.2) is 0 Å². The van der Waals surface area contributed by atoms with E-state index in [0.29, 0.717) is 35.8 Å². The number of aliphatic hydroxyl groups is 2. The number of benzene rings is 4. The Morgan fingerprint density at radius 2 is 1.15 bits per heavy atom. The molecule has 0 aliphatic carbocycles. The van der Waals surface area contributed by atoms with Gasteiger partial charge in [-0.3, -0.25) is 0 Å². The van der Waals surface area contributed by atoms with Crippen LogP contribution in [0.2, 0.25) is 0 Å². The number of phenolic OH excluding ortho intramolecular Hbond substituents is 1. The van der Waals surface area contributed by atoms with Crippen LogP contribution in [0.4, 0.5) is 0 Å². The molecule has 0 aliphatic heterocycles. The third kappa shape index (κ3) is 6.38. The molecule has 0 radical (unpaired) electrons. The second-order valence-corrected chi connectivity index (χ2v) is 8.12. The van der Waals surface area contributed by atoms with Crippen LogP contribution in [0.5, 0.6) is 17.2 Å². The standard InChI is InChI=1S/C29H28O5/c30-27-18-26(34-20-22-9-5-2-6-10-22)16-13-24(27)17-28(31)29(32)23-11-14-25(15-12-23)33-19-21-7-3-1-4-8-21/h1-16,18,28-32H,17,19-20H2/t28-,29-/m0/s1. The average molecular weight is 457 g/mol. The van der Waals surface area contributed by atoms with Crippen molar-refractivity contribution in [3.63, 3.8) is 0 Å². The molecular weight excluding hydrogens is 428 g/mol. The summed E-state index contributed by atoms with van der Waals surface area (Å²) in [6.45, 7) is 0.849. The Morgan fingerprint density at radius 3 is 1.71 bits per heavy atom. The molecule has 0 unspecified atom stereocenters. The summed E-state index contributed by atoms with van der Waals surface area (Å²) in [6.07, 6.45) is -2.09. The quantitative estimate of drug-likeness (QED) is 0.306. The summed E-state index contributed by atoms with van der Waals surface area (Å²) >= 11 is 0. The van der Waals surface area contributed by atoms with Gasteiger partial charge in [-0.1, -0.05) is 78.9 Å². The maximum atomic E-state index is 10.6. The Kier molecular flexibility index (Phi) is 7.81. The molecule has 0 heterocycles. The number of ether oxygens (including phenoxy) is 2. The van der Waals surface area contributed by atoms with Gasteiger partial charge in [0.2, 0.25) is 0 Å². The van der Waals surface area contributed by atoms with E-state index in [9.17, 15) is 15.3 Å². The van der Waals surface area contributed by atoms with Crippen LogP contribution in [0, 0.1) is 0 Å². The second-order valence-electron chi connectivity index (χ2n) is 8.12. The molecule has 0 aromatic heterocycles. The Hall–Kier alpha value is -3.80. The van der Waals surface area contributed by atoms with Gasteiger partial charge in [0.1, 0.15) is 36.6 Å². The molecule has 4 aromatic rings. The highest BCUT2D eigenvalue weighted by atomic mass is 16.5. The number of aromatic hydroxyl groups is 1. The molecule has 0 saturated heterocycles. The smallest absolute Gasteiger partial charge is 0.123 e. The molecule has 0 aliphatic rings. The van der Waals surface area contributed by atoms with Crippen LogP contribution in [0.3, 0.4) is 0 Å². The maximum Gasteiger partial charge on any atom is 0.123 e. The third-order valence-corrected chi connectivity index (χ3v) is 5.57. The summed E-state index contributed by atoms with van der Waals surface area (Å²) in [5.74, 6) is 1.23. The normalized spacial score (nSPS) is 12.6. The van der Waals surface area contributed by atoms with Crippen LogP contribution in [0.1, 0.15) is 28.4 Å². The maximum absolute atomic E-state index is 10.6. The Balaban J connectivity index is 1.31. The zero-order chi connectivity index (χ0) is 23.8. The van der Waals surface area contributed by atoms with Gasteiger partial charge in [-0.15, -0.1) is 0 Å². The van der Waals surface area contributed by atoms with Crippen molar-refractivity contribution in [1.82, 2.24) is 0 Å². The predicted molar refractivity (Wildman–Crippen MR) is 131 cm³/mol. The first kappa shape index (κ1) is 23.4. The van der Waals surface area contributed by atoms with E-state index in [-0.39, 0.29) is 12.2 Å². The van der Waals surface area contributed by atoms with Crippen LogP contribution in [0.25, 0.3) is 0 Å². The van der Waals surface area contributed by atoms with Gasteiger partial charge < -0.3 is 24.8 Å². The molecule has 174 valence electrons. The first-order valence-electron chi connectivity index (χ1n) is 11.2. The Morgan fingerprint density at radius 1 is 0.618 bits per heavy atom. The highest BCUT2D eigenvalue weighted by Crippen LogP contribution is 2.28. The minimum Gasteiger partial charge on any atom is -0.508 e. The number of aliphatic hydroxyl groups excluding tert-OH is 2. The van der Waals surface area contributed by atoms with Crippen molar-refractivity contribution in [2.75, 3.05) is 0 Å². The molecule has 5 heteroatoms. The number of phenols is 1. The lowest BCUT2D eigenvalue weighted by molar-refractivity contribution is 0.0186. The van der Waals surface area contributed by atoms with Crippen molar-refractivity contribution >= 4 is 0 Å². The summed E-state index contributed by atoms with van der Waals surface area (Å²) in [5.41, 5.74) is 3.20. The van der Waals surface area contributed by atoms with E-state index in [0.717, 1.165) is 11.1 Å². The average Bonchev–Trinajstić information content (AvgIpc) is 2.88. The van der Waals surface area contributed by atoms with Gasteiger partial charge in [-0.25, -0.2) is 0 Å². The highest BCUT2D eigenvalue weighted by Gasteiger charge is 2.20. The molecule has 0 fully saturated rings. The summed E-state index contributed by atoms with van der Waals surface area (Å²) in [7, 11) is 0. The second kappa shape index (κ2) is 11.4. The van der Waals surface area contributed by atoms with Crippen LogP contribution in [0.15, 0.2) is 103 Å². The number of rotatable bonds is 10.